The Bertz CT molecular complexity index is 141. The Hall–Kier alpha value is -0.340. The van der Waals surface area contributed by atoms with Crippen molar-refractivity contribution in [1.82, 2.24) is 0 Å². The van der Waals surface area contributed by atoms with E-state index in [9.17, 15) is 0 Å². The van der Waals surface area contributed by atoms with Crippen LogP contribution >= 0.6 is 0 Å². The van der Waals surface area contributed by atoms with Crippen molar-refractivity contribution in [3.63, 3.8) is 0 Å². The lowest BCUT2D eigenvalue weighted by Gasteiger charge is -2.21. The fourth-order valence-electron chi connectivity index (χ4n) is 1.39. The second kappa shape index (κ2) is 7.10. The van der Waals surface area contributed by atoms with E-state index in [1.54, 1.807) is 13.2 Å². The standard InChI is InChI=1S/C11H22O2/c1-9(2)8-11(13-4)10(3)6-5-7-12/h5-6,9-12H,7-8H2,1-4H3. The van der Waals surface area contributed by atoms with Gasteiger partial charge in [-0.2, -0.15) is 0 Å². The summed E-state index contributed by atoms with van der Waals surface area (Å²) in [4.78, 5) is 0. The van der Waals surface area contributed by atoms with E-state index in [0.29, 0.717) is 11.8 Å². The van der Waals surface area contributed by atoms with E-state index in [0.717, 1.165) is 6.42 Å². The lowest BCUT2D eigenvalue weighted by atomic mass is 9.95. The smallest absolute Gasteiger partial charge is 0.0633 e. The Kier molecular flexibility index (Phi) is 6.92. The van der Waals surface area contributed by atoms with Crippen LogP contribution in [-0.2, 0) is 4.74 Å². The summed E-state index contributed by atoms with van der Waals surface area (Å²) in [5.41, 5.74) is 0. The minimum Gasteiger partial charge on any atom is -0.392 e. The van der Waals surface area contributed by atoms with Crippen molar-refractivity contribution >= 4 is 0 Å². The van der Waals surface area contributed by atoms with Gasteiger partial charge in [-0.1, -0.05) is 32.9 Å². The predicted octanol–water partition coefficient (Wildman–Crippen LogP) is 2.23. The number of aliphatic hydroxyl groups is 1. The summed E-state index contributed by atoms with van der Waals surface area (Å²) >= 11 is 0. The molecular formula is C11H22O2. The zero-order chi connectivity index (χ0) is 10.3. The minimum absolute atomic E-state index is 0.114. The van der Waals surface area contributed by atoms with Crippen molar-refractivity contribution in [2.75, 3.05) is 13.7 Å². The van der Waals surface area contributed by atoms with Crippen molar-refractivity contribution in [2.45, 2.75) is 33.3 Å². The third-order valence-corrected chi connectivity index (χ3v) is 2.14. The molecule has 0 rings (SSSR count). The van der Waals surface area contributed by atoms with Crippen molar-refractivity contribution in [1.29, 1.82) is 0 Å². The molecule has 2 unspecified atom stereocenters. The van der Waals surface area contributed by atoms with Gasteiger partial charge < -0.3 is 9.84 Å². The van der Waals surface area contributed by atoms with Gasteiger partial charge in [-0.25, -0.2) is 0 Å². The van der Waals surface area contributed by atoms with Crippen LogP contribution in [0.4, 0.5) is 0 Å². The summed E-state index contributed by atoms with van der Waals surface area (Å²) in [6.07, 6.45) is 5.11. The predicted molar refractivity (Wildman–Crippen MR) is 55.6 cm³/mol. The van der Waals surface area contributed by atoms with Crippen LogP contribution in [-0.4, -0.2) is 24.9 Å². The molecule has 0 saturated carbocycles. The van der Waals surface area contributed by atoms with Crippen LogP contribution in [0.3, 0.4) is 0 Å². The molecule has 2 nitrogen and oxygen atoms in total. The van der Waals surface area contributed by atoms with Gasteiger partial charge in [0, 0.05) is 13.0 Å². The molecule has 0 aromatic rings. The number of hydrogen-bond donors (Lipinski definition) is 1. The van der Waals surface area contributed by atoms with E-state index in [4.69, 9.17) is 9.84 Å². The van der Waals surface area contributed by atoms with E-state index >= 15 is 0 Å². The number of rotatable bonds is 6. The molecule has 0 aromatic heterocycles. The molecule has 78 valence electrons. The lowest BCUT2D eigenvalue weighted by molar-refractivity contribution is 0.0570. The fourth-order valence-corrected chi connectivity index (χ4v) is 1.39. The molecular weight excluding hydrogens is 164 g/mol. The monoisotopic (exact) mass is 186 g/mol. The molecule has 0 spiro atoms. The highest BCUT2D eigenvalue weighted by atomic mass is 16.5. The lowest BCUT2D eigenvalue weighted by Crippen LogP contribution is -2.21. The van der Waals surface area contributed by atoms with Gasteiger partial charge in [0.15, 0.2) is 0 Å². The summed E-state index contributed by atoms with van der Waals surface area (Å²) in [5, 5.41) is 8.62. The summed E-state index contributed by atoms with van der Waals surface area (Å²) in [7, 11) is 1.75. The molecule has 0 aliphatic heterocycles. The summed E-state index contributed by atoms with van der Waals surface area (Å²) in [6.45, 7) is 6.61. The molecule has 0 bridgehead atoms. The molecule has 1 N–H and O–H groups in total. The number of methoxy groups -OCH3 is 1. The molecule has 2 atom stereocenters. The van der Waals surface area contributed by atoms with E-state index < -0.39 is 0 Å². The zero-order valence-corrected chi connectivity index (χ0v) is 9.16. The maximum atomic E-state index is 8.62. The van der Waals surface area contributed by atoms with Gasteiger partial charge in [-0.15, -0.1) is 0 Å². The van der Waals surface area contributed by atoms with Gasteiger partial charge in [0.05, 0.1) is 12.7 Å². The first-order valence-electron chi connectivity index (χ1n) is 4.92. The largest absolute Gasteiger partial charge is 0.392 e. The quantitative estimate of drug-likeness (QED) is 0.645. The van der Waals surface area contributed by atoms with Crippen molar-refractivity contribution in [3.8, 4) is 0 Å². The fraction of sp³-hybridized carbons (Fsp3) is 0.818. The van der Waals surface area contributed by atoms with Gasteiger partial charge >= 0.3 is 0 Å². The molecule has 2 heteroatoms. The topological polar surface area (TPSA) is 29.5 Å². The van der Waals surface area contributed by atoms with Gasteiger partial charge in [0.1, 0.15) is 0 Å². The Labute approximate surface area is 81.6 Å². The van der Waals surface area contributed by atoms with Crippen molar-refractivity contribution in [3.05, 3.63) is 12.2 Å². The average molecular weight is 186 g/mol. The van der Waals surface area contributed by atoms with E-state index in [1.807, 2.05) is 6.08 Å². The first-order chi connectivity index (χ1) is 6.11. The summed E-state index contributed by atoms with van der Waals surface area (Å²) < 4.78 is 5.39. The van der Waals surface area contributed by atoms with Gasteiger partial charge in [0.2, 0.25) is 0 Å². The molecule has 0 aliphatic rings. The molecule has 13 heavy (non-hydrogen) atoms. The molecule has 0 saturated heterocycles. The normalized spacial score (nSPS) is 16.8. The zero-order valence-electron chi connectivity index (χ0n) is 9.16. The second-order valence-corrected chi connectivity index (χ2v) is 3.87. The highest BCUT2D eigenvalue weighted by molar-refractivity contribution is 4.90. The van der Waals surface area contributed by atoms with Crippen molar-refractivity contribution < 1.29 is 9.84 Å². The van der Waals surface area contributed by atoms with Crippen molar-refractivity contribution in [2.24, 2.45) is 11.8 Å². The van der Waals surface area contributed by atoms with Gasteiger partial charge in [0.25, 0.3) is 0 Å². The molecule has 0 aromatic carbocycles. The maximum absolute atomic E-state index is 8.62. The van der Waals surface area contributed by atoms with Gasteiger partial charge in [-0.05, 0) is 12.3 Å². The van der Waals surface area contributed by atoms with Crippen LogP contribution in [0, 0.1) is 11.8 Å². The molecule has 0 radical (unpaired) electrons. The van der Waals surface area contributed by atoms with Gasteiger partial charge in [-0.3, -0.25) is 0 Å². The molecule has 0 heterocycles. The highest BCUT2D eigenvalue weighted by Gasteiger charge is 2.15. The molecule has 0 amide bonds. The van der Waals surface area contributed by atoms with Crippen LogP contribution in [0.15, 0.2) is 12.2 Å². The first-order valence-corrected chi connectivity index (χ1v) is 4.92. The summed E-state index contributed by atoms with van der Waals surface area (Å²) in [5.74, 6) is 1.02. The maximum Gasteiger partial charge on any atom is 0.0633 e. The second-order valence-electron chi connectivity index (χ2n) is 3.87. The summed E-state index contributed by atoms with van der Waals surface area (Å²) in [6, 6.07) is 0. The van der Waals surface area contributed by atoms with E-state index in [2.05, 4.69) is 20.8 Å². The number of hydrogen-bond acceptors (Lipinski definition) is 2. The van der Waals surface area contributed by atoms with E-state index in [1.165, 1.54) is 0 Å². The number of aliphatic hydroxyl groups excluding tert-OH is 1. The van der Waals surface area contributed by atoms with E-state index in [-0.39, 0.29) is 12.7 Å². The molecule has 0 fully saturated rings. The minimum atomic E-state index is 0.114. The Morgan fingerprint density at radius 2 is 1.92 bits per heavy atom. The third kappa shape index (κ3) is 5.83. The molecule has 0 aliphatic carbocycles. The SMILES string of the molecule is COC(CC(C)C)C(C)C=CCO. The third-order valence-electron chi connectivity index (χ3n) is 2.14. The Morgan fingerprint density at radius 1 is 1.31 bits per heavy atom. The Morgan fingerprint density at radius 3 is 2.31 bits per heavy atom. The Balaban J connectivity index is 3.98. The first kappa shape index (κ1) is 12.7. The van der Waals surface area contributed by atoms with Crippen LogP contribution in [0.1, 0.15) is 27.2 Å². The highest BCUT2D eigenvalue weighted by Crippen LogP contribution is 2.16. The van der Waals surface area contributed by atoms with Crippen LogP contribution < -0.4 is 0 Å². The average Bonchev–Trinajstić information content (AvgIpc) is 2.09. The van der Waals surface area contributed by atoms with Crippen LogP contribution in [0.2, 0.25) is 0 Å². The van der Waals surface area contributed by atoms with Crippen LogP contribution in [0.5, 0.6) is 0 Å². The number of ether oxygens (including phenoxy) is 1. The van der Waals surface area contributed by atoms with Crippen LogP contribution in [0.25, 0.3) is 0 Å².